The minimum Gasteiger partial charge on any atom is -0.337 e. The van der Waals surface area contributed by atoms with E-state index in [9.17, 15) is 0 Å². The summed E-state index contributed by atoms with van der Waals surface area (Å²) in [7, 11) is 5.98. The summed E-state index contributed by atoms with van der Waals surface area (Å²) in [5.41, 5.74) is 2.75. The predicted octanol–water partition coefficient (Wildman–Crippen LogP) is -0.514. The molecule has 5 nitrogen and oxygen atoms in total. The lowest BCUT2D eigenvalue weighted by molar-refractivity contribution is 0.332. The van der Waals surface area contributed by atoms with Gasteiger partial charge in [0.25, 0.3) is 0 Å². The molecule has 1 unspecified atom stereocenters. The highest BCUT2D eigenvalue weighted by Crippen LogP contribution is 2.08. The van der Waals surface area contributed by atoms with E-state index in [-0.39, 0.29) is 6.04 Å². The molecule has 0 spiro atoms. The zero-order valence-corrected chi connectivity index (χ0v) is 8.36. The van der Waals surface area contributed by atoms with Crippen LogP contribution in [0.25, 0.3) is 0 Å². The van der Waals surface area contributed by atoms with Crippen LogP contribution in [0.3, 0.4) is 0 Å². The average molecular weight is 183 g/mol. The maximum absolute atomic E-state index is 5.45. The quantitative estimate of drug-likeness (QED) is 0.487. The summed E-state index contributed by atoms with van der Waals surface area (Å²) in [4.78, 5) is 6.30. The molecule has 74 valence electrons. The Morgan fingerprint density at radius 1 is 1.69 bits per heavy atom. The van der Waals surface area contributed by atoms with Crippen LogP contribution in [0.4, 0.5) is 0 Å². The van der Waals surface area contributed by atoms with Gasteiger partial charge >= 0.3 is 0 Å². The monoisotopic (exact) mass is 183 g/mol. The molecule has 1 aromatic rings. The molecular formula is C8H17N5. The van der Waals surface area contributed by atoms with Gasteiger partial charge in [0, 0.05) is 26.0 Å². The molecule has 0 aliphatic carbocycles. The normalized spacial score (nSPS) is 13.6. The molecule has 1 aromatic heterocycles. The third kappa shape index (κ3) is 2.51. The molecule has 0 amide bonds. The molecule has 0 saturated carbocycles. The standard InChI is InChI=1S/C8H17N5/c1-12(2)6-7(11-9)8-10-4-5-13(8)3/h4-5,7,11H,6,9H2,1-3H3. The van der Waals surface area contributed by atoms with E-state index in [0.717, 1.165) is 12.4 Å². The first-order valence-electron chi connectivity index (χ1n) is 4.23. The van der Waals surface area contributed by atoms with Crippen molar-refractivity contribution in [2.45, 2.75) is 6.04 Å². The molecule has 0 fully saturated rings. The molecule has 0 saturated heterocycles. The summed E-state index contributed by atoms with van der Waals surface area (Å²) < 4.78 is 1.97. The maximum Gasteiger partial charge on any atom is 0.128 e. The van der Waals surface area contributed by atoms with E-state index < -0.39 is 0 Å². The molecule has 3 N–H and O–H groups in total. The largest absolute Gasteiger partial charge is 0.337 e. The van der Waals surface area contributed by atoms with Crippen LogP contribution in [0.2, 0.25) is 0 Å². The van der Waals surface area contributed by atoms with Crippen molar-refractivity contribution in [1.82, 2.24) is 19.9 Å². The molecule has 0 radical (unpaired) electrons. The first-order chi connectivity index (χ1) is 6.15. The Bertz CT molecular complexity index is 255. The molecule has 1 heterocycles. The van der Waals surface area contributed by atoms with Gasteiger partial charge in [-0.25, -0.2) is 10.4 Å². The van der Waals surface area contributed by atoms with Crippen LogP contribution in [0.15, 0.2) is 12.4 Å². The zero-order chi connectivity index (χ0) is 9.84. The van der Waals surface area contributed by atoms with Crippen LogP contribution >= 0.6 is 0 Å². The molecule has 1 atom stereocenters. The second-order valence-corrected chi connectivity index (χ2v) is 3.38. The van der Waals surface area contributed by atoms with Gasteiger partial charge in [-0.3, -0.25) is 5.84 Å². The highest BCUT2D eigenvalue weighted by atomic mass is 15.3. The average Bonchev–Trinajstić information content (AvgIpc) is 2.47. The van der Waals surface area contributed by atoms with Crippen LogP contribution in [0.5, 0.6) is 0 Å². The summed E-state index contributed by atoms with van der Waals surface area (Å²) in [5, 5.41) is 0. The fourth-order valence-corrected chi connectivity index (χ4v) is 1.29. The van der Waals surface area contributed by atoms with Crippen LogP contribution in [-0.2, 0) is 7.05 Å². The van der Waals surface area contributed by atoms with Gasteiger partial charge < -0.3 is 9.47 Å². The Morgan fingerprint density at radius 3 is 2.77 bits per heavy atom. The molecular weight excluding hydrogens is 166 g/mol. The molecule has 1 rings (SSSR count). The van der Waals surface area contributed by atoms with E-state index in [0.29, 0.717) is 0 Å². The van der Waals surface area contributed by atoms with Gasteiger partial charge in [0.1, 0.15) is 5.82 Å². The molecule has 5 heteroatoms. The number of nitrogens with zero attached hydrogens (tertiary/aromatic N) is 3. The van der Waals surface area contributed by atoms with E-state index in [1.807, 2.05) is 31.9 Å². The van der Waals surface area contributed by atoms with Crippen molar-refractivity contribution >= 4 is 0 Å². The van der Waals surface area contributed by atoms with Crippen molar-refractivity contribution < 1.29 is 0 Å². The first kappa shape index (κ1) is 10.2. The summed E-state index contributed by atoms with van der Waals surface area (Å²) in [6.07, 6.45) is 3.69. The highest BCUT2D eigenvalue weighted by Gasteiger charge is 2.14. The number of hydrogen-bond donors (Lipinski definition) is 2. The number of likely N-dealkylation sites (N-methyl/N-ethyl adjacent to an activating group) is 1. The second-order valence-electron chi connectivity index (χ2n) is 3.38. The number of hydrogen-bond acceptors (Lipinski definition) is 4. The van der Waals surface area contributed by atoms with Gasteiger partial charge in [0.05, 0.1) is 6.04 Å². The Kier molecular flexibility index (Phi) is 3.41. The van der Waals surface area contributed by atoms with Crippen LogP contribution in [0, 0.1) is 0 Å². The second kappa shape index (κ2) is 4.36. The SMILES string of the molecule is CN(C)CC(NN)c1nccn1C. The van der Waals surface area contributed by atoms with E-state index >= 15 is 0 Å². The van der Waals surface area contributed by atoms with Gasteiger partial charge in [0.2, 0.25) is 0 Å². The minimum absolute atomic E-state index is 0.0787. The fraction of sp³-hybridized carbons (Fsp3) is 0.625. The number of aromatic nitrogens is 2. The van der Waals surface area contributed by atoms with E-state index in [4.69, 9.17) is 5.84 Å². The summed E-state index contributed by atoms with van der Waals surface area (Å²) >= 11 is 0. The Labute approximate surface area is 78.5 Å². The van der Waals surface area contributed by atoms with Crippen molar-refractivity contribution in [2.24, 2.45) is 12.9 Å². The van der Waals surface area contributed by atoms with Crippen LogP contribution in [0.1, 0.15) is 11.9 Å². The molecule has 0 aromatic carbocycles. The first-order valence-corrected chi connectivity index (χ1v) is 4.23. The van der Waals surface area contributed by atoms with Crippen LogP contribution in [-0.4, -0.2) is 35.1 Å². The molecule has 13 heavy (non-hydrogen) atoms. The fourth-order valence-electron chi connectivity index (χ4n) is 1.29. The van der Waals surface area contributed by atoms with Crippen LogP contribution < -0.4 is 11.3 Å². The Hall–Kier alpha value is -0.910. The minimum atomic E-state index is 0.0787. The number of rotatable bonds is 4. The number of hydrazine groups is 1. The van der Waals surface area contributed by atoms with Crippen molar-refractivity contribution in [2.75, 3.05) is 20.6 Å². The van der Waals surface area contributed by atoms with Gasteiger partial charge in [-0.1, -0.05) is 0 Å². The van der Waals surface area contributed by atoms with E-state index in [1.165, 1.54) is 0 Å². The smallest absolute Gasteiger partial charge is 0.128 e. The van der Waals surface area contributed by atoms with Gasteiger partial charge in [0.15, 0.2) is 0 Å². The van der Waals surface area contributed by atoms with Crippen molar-refractivity contribution in [1.29, 1.82) is 0 Å². The number of aryl methyl sites for hydroxylation is 1. The predicted molar refractivity (Wildman–Crippen MR) is 51.8 cm³/mol. The van der Waals surface area contributed by atoms with E-state index in [1.54, 1.807) is 6.20 Å². The van der Waals surface area contributed by atoms with Crippen molar-refractivity contribution in [3.8, 4) is 0 Å². The summed E-state index contributed by atoms with van der Waals surface area (Å²) in [6.45, 7) is 0.835. The maximum atomic E-state index is 5.45. The van der Waals surface area contributed by atoms with Crippen molar-refractivity contribution in [3.63, 3.8) is 0 Å². The molecule has 0 aliphatic rings. The lowest BCUT2D eigenvalue weighted by atomic mass is 10.3. The molecule has 0 bridgehead atoms. The lowest BCUT2D eigenvalue weighted by Gasteiger charge is -2.19. The van der Waals surface area contributed by atoms with E-state index in [2.05, 4.69) is 15.3 Å². The number of nitrogens with one attached hydrogen (secondary N) is 1. The number of nitrogens with two attached hydrogens (primary N) is 1. The lowest BCUT2D eigenvalue weighted by Crippen LogP contribution is -2.36. The van der Waals surface area contributed by atoms with Gasteiger partial charge in [-0.2, -0.15) is 0 Å². The van der Waals surface area contributed by atoms with Crippen molar-refractivity contribution in [3.05, 3.63) is 18.2 Å². The molecule has 0 aliphatic heterocycles. The summed E-state index contributed by atoms with van der Waals surface area (Å²) in [6, 6.07) is 0.0787. The Morgan fingerprint density at radius 2 is 2.38 bits per heavy atom. The number of imidazole rings is 1. The highest BCUT2D eigenvalue weighted by molar-refractivity contribution is 4.98. The Balaban J connectivity index is 2.72. The third-order valence-electron chi connectivity index (χ3n) is 1.92. The zero-order valence-electron chi connectivity index (χ0n) is 8.36. The summed E-state index contributed by atoms with van der Waals surface area (Å²) in [5.74, 6) is 6.41. The third-order valence-corrected chi connectivity index (χ3v) is 1.92. The van der Waals surface area contributed by atoms with Gasteiger partial charge in [-0.15, -0.1) is 0 Å². The van der Waals surface area contributed by atoms with Gasteiger partial charge in [-0.05, 0) is 14.1 Å². The topological polar surface area (TPSA) is 59.1 Å².